The van der Waals surface area contributed by atoms with Crippen LogP contribution in [-0.4, -0.2) is 33.7 Å². The third kappa shape index (κ3) is 3.04. The number of rotatable bonds is 3. The lowest BCUT2D eigenvalue weighted by molar-refractivity contribution is -0.172. The van der Waals surface area contributed by atoms with E-state index in [1.54, 1.807) is 29.3 Å². The molecule has 1 atom stereocenters. The van der Waals surface area contributed by atoms with Crippen LogP contribution < -0.4 is 15.0 Å². The summed E-state index contributed by atoms with van der Waals surface area (Å²) >= 11 is 1.66. The molecule has 0 fully saturated rings. The lowest BCUT2D eigenvalue weighted by atomic mass is 9.86. The van der Waals surface area contributed by atoms with Gasteiger partial charge in [0.15, 0.2) is 17.1 Å². The largest absolute Gasteiger partial charge is 0.458 e. The topological polar surface area (TPSA) is 99.9 Å². The summed E-state index contributed by atoms with van der Waals surface area (Å²) in [6, 6.07) is 13.9. The Morgan fingerprint density at radius 1 is 1.14 bits per heavy atom. The summed E-state index contributed by atoms with van der Waals surface area (Å²) in [6.07, 6.45) is 2.13. The van der Waals surface area contributed by atoms with Crippen LogP contribution in [0, 0.1) is 0 Å². The Hall–Kier alpha value is -3.82. The number of pyridine rings is 2. The van der Waals surface area contributed by atoms with Crippen molar-refractivity contribution in [1.29, 1.82) is 0 Å². The standard InChI is InChI=1S/C28H22N2O6S/c1-3-28(33)19-9-21-24-15(11-30(21)26(31)18(19)12-34-27(28)32)8-17-20(29-24)10-22-25(36-13-35-22)23(17)14-5-4-6-16(7-14)37-2/h4-10,33H,3,11-13H2,1-2H3/t28-/m0/s1. The molecule has 0 unspecified atom stereocenters. The summed E-state index contributed by atoms with van der Waals surface area (Å²) in [5.74, 6) is 0.564. The predicted octanol–water partition coefficient (Wildman–Crippen LogP) is 4.20. The van der Waals surface area contributed by atoms with Gasteiger partial charge in [-0.15, -0.1) is 11.8 Å². The molecular weight excluding hydrogens is 492 g/mol. The van der Waals surface area contributed by atoms with Crippen molar-refractivity contribution in [3.05, 3.63) is 69.5 Å². The van der Waals surface area contributed by atoms with Crippen LogP contribution in [0.3, 0.4) is 0 Å². The summed E-state index contributed by atoms with van der Waals surface area (Å²) in [6.45, 7) is 2.00. The van der Waals surface area contributed by atoms with Crippen LogP contribution in [-0.2, 0) is 28.3 Å². The van der Waals surface area contributed by atoms with Gasteiger partial charge in [0.25, 0.3) is 5.56 Å². The lowest BCUT2D eigenvalue weighted by Crippen LogP contribution is -2.44. The highest BCUT2D eigenvalue weighted by molar-refractivity contribution is 7.98. The van der Waals surface area contributed by atoms with Gasteiger partial charge in [-0.05, 0) is 42.5 Å². The van der Waals surface area contributed by atoms with Gasteiger partial charge < -0.3 is 23.9 Å². The number of esters is 1. The molecule has 37 heavy (non-hydrogen) atoms. The van der Waals surface area contributed by atoms with E-state index in [0.29, 0.717) is 46.1 Å². The Balaban J connectivity index is 1.48. The highest BCUT2D eigenvalue weighted by Crippen LogP contribution is 2.48. The number of carbonyl (C=O) groups is 1. The molecule has 0 spiro atoms. The fourth-order valence-corrected chi connectivity index (χ4v) is 6.01. The van der Waals surface area contributed by atoms with Crippen molar-refractivity contribution in [2.24, 2.45) is 0 Å². The molecule has 1 N–H and O–H groups in total. The minimum absolute atomic E-state index is 0.0989. The molecule has 0 radical (unpaired) electrons. The van der Waals surface area contributed by atoms with E-state index in [1.807, 2.05) is 24.5 Å². The van der Waals surface area contributed by atoms with Gasteiger partial charge in [0.1, 0.15) is 6.61 Å². The number of nitrogens with zero attached hydrogens (tertiary/aromatic N) is 2. The molecule has 0 saturated heterocycles. The van der Waals surface area contributed by atoms with E-state index in [1.165, 1.54) is 0 Å². The molecule has 4 aromatic rings. The number of thioether (sulfide) groups is 1. The van der Waals surface area contributed by atoms with Crippen LogP contribution in [0.1, 0.15) is 30.0 Å². The van der Waals surface area contributed by atoms with Gasteiger partial charge in [-0.3, -0.25) is 4.79 Å². The van der Waals surface area contributed by atoms with Gasteiger partial charge in [-0.2, -0.15) is 0 Å². The van der Waals surface area contributed by atoms with E-state index in [0.717, 1.165) is 27.0 Å². The minimum atomic E-state index is -1.86. The molecule has 5 heterocycles. The number of aliphatic hydroxyl groups is 1. The SMILES string of the molecule is CC[C@@]1(O)C(=O)OCc2c1cc1n(c2=O)Cc2cc3c(-c4cccc(SC)c4)c4c(cc3nc2-1)OCO4. The van der Waals surface area contributed by atoms with E-state index in [-0.39, 0.29) is 25.4 Å². The monoisotopic (exact) mass is 514 g/mol. The maximum Gasteiger partial charge on any atom is 0.343 e. The second-order valence-electron chi connectivity index (χ2n) is 9.38. The molecule has 7 rings (SSSR count). The molecule has 0 bridgehead atoms. The predicted molar refractivity (Wildman–Crippen MR) is 138 cm³/mol. The highest BCUT2D eigenvalue weighted by Gasteiger charge is 2.45. The Labute approximate surface area is 215 Å². The average Bonchev–Trinajstić information content (AvgIpc) is 3.53. The second kappa shape index (κ2) is 7.84. The van der Waals surface area contributed by atoms with Gasteiger partial charge in [0.2, 0.25) is 6.79 Å². The summed E-state index contributed by atoms with van der Waals surface area (Å²) in [7, 11) is 0. The quantitative estimate of drug-likeness (QED) is 0.283. The maximum atomic E-state index is 13.5. The first-order valence-corrected chi connectivity index (χ1v) is 13.2. The summed E-state index contributed by atoms with van der Waals surface area (Å²) in [5.41, 5.74) is 3.17. The number of hydrogen-bond donors (Lipinski definition) is 1. The van der Waals surface area contributed by atoms with E-state index in [4.69, 9.17) is 19.2 Å². The Morgan fingerprint density at radius 3 is 2.81 bits per heavy atom. The third-order valence-corrected chi connectivity index (χ3v) is 8.23. The highest BCUT2D eigenvalue weighted by atomic mass is 32.2. The van der Waals surface area contributed by atoms with Gasteiger partial charge >= 0.3 is 5.97 Å². The molecule has 3 aliphatic rings. The molecule has 186 valence electrons. The molecule has 0 saturated carbocycles. The van der Waals surface area contributed by atoms with Gasteiger partial charge in [0, 0.05) is 33.0 Å². The number of hydrogen-bond acceptors (Lipinski definition) is 8. The van der Waals surface area contributed by atoms with Crippen molar-refractivity contribution in [3.63, 3.8) is 0 Å². The van der Waals surface area contributed by atoms with Crippen LogP contribution in [0.4, 0.5) is 0 Å². The van der Waals surface area contributed by atoms with E-state index < -0.39 is 11.6 Å². The van der Waals surface area contributed by atoms with Crippen molar-refractivity contribution < 1.29 is 24.1 Å². The molecule has 8 nitrogen and oxygen atoms in total. The molecule has 0 aliphatic carbocycles. The van der Waals surface area contributed by atoms with Crippen molar-refractivity contribution in [2.75, 3.05) is 13.0 Å². The summed E-state index contributed by atoms with van der Waals surface area (Å²) in [4.78, 5) is 32.0. The molecular formula is C28H22N2O6S. The Bertz CT molecular complexity index is 1730. The van der Waals surface area contributed by atoms with E-state index >= 15 is 0 Å². The average molecular weight is 515 g/mol. The maximum absolute atomic E-state index is 13.5. The number of aromatic nitrogens is 2. The van der Waals surface area contributed by atoms with Crippen LogP contribution in [0.25, 0.3) is 33.4 Å². The number of ether oxygens (including phenoxy) is 3. The van der Waals surface area contributed by atoms with Gasteiger partial charge in [0.05, 0.1) is 29.0 Å². The lowest BCUT2D eigenvalue weighted by Gasteiger charge is -2.31. The molecule has 2 aromatic carbocycles. The third-order valence-electron chi connectivity index (χ3n) is 7.51. The van der Waals surface area contributed by atoms with Crippen molar-refractivity contribution in [3.8, 4) is 34.0 Å². The van der Waals surface area contributed by atoms with Crippen LogP contribution >= 0.6 is 11.8 Å². The van der Waals surface area contributed by atoms with Gasteiger partial charge in [-0.1, -0.05) is 19.1 Å². The van der Waals surface area contributed by atoms with E-state index in [2.05, 4.69) is 18.2 Å². The van der Waals surface area contributed by atoms with Crippen LogP contribution in [0.2, 0.25) is 0 Å². The minimum Gasteiger partial charge on any atom is -0.458 e. The summed E-state index contributed by atoms with van der Waals surface area (Å²) in [5, 5.41) is 12.0. The van der Waals surface area contributed by atoms with Gasteiger partial charge in [-0.25, -0.2) is 9.78 Å². The van der Waals surface area contributed by atoms with Crippen molar-refractivity contribution in [1.82, 2.24) is 9.55 Å². The summed E-state index contributed by atoms with van der Waals surface area (Å²) < 4.78 is 18.5. The fourth-order valence-electron chi connectivity index (χ4n) is 5.55. The van der Waals surface area contributed by atoms with Crippen LogP contribution in [0.5, 0.6) is 11.5 Å². The second-order valence-corrected chi connectivity index (χ2v) is 10.3. The first-order chi connectivity index (χ1) is 17.9. The van der Waals surface area contributed by atoms with Crippen molar-refractivity contribution >= 4 is 28.6 Å². The zero-order valence-electron chi connectivity index (χ0n) is 20.2. The smallest absolute Gasteiger partial charge is 0.343 e. The molecule has 2 aromatic heterocycles. The zero-order chi connectivity index (χ0) is 25.5. The van der Waals surface area contributed by atoms with Crippen LogP contribution in [0.15, 0.2) is 52.2 Å². The molecule has 3 aliphatic heterocycles. The van der Waals surface area contributed by atoms with Crippen molar-refractivity contribution in [2.45, 2.75) is 37.0 Å². The Kier molecular flexibility index (Phi) is 4.74. The molecule has 0 amide bonds. The number of carbonyl (C=O) groups excluding carboxylic acids is 1. The number of benzene rings is 2. The normalized spacial score (nSPS) is 18.9. The first-order valence-electron chi connectivity index (χ1n) is 12.0. The Morgan fingerprint density at radius 2 is 2.00 bits per heavy atom. The number of cyclic esters (lactones) is 1. The number of fused-ring (bicyclic) bond motifs is 6. The first kappa shape index (κ1) is 22.4. The fraction of sp³-hybridized carbons (Fsp3) is 0.250. The van der Waals surface area contributed by atoms with E-state index in [9.17, 15) is 14.7 Å². The zero-order valence-corrected chi connectivity index (χ0v) is 21.0. The molecule has 9 heteroatoms.